The monoisotopic (exact) mass is 234 g/mol. The van der Waals surface area contributed by atoms with Crippen LogP contribution in [-0.4, -0.2) is 46.0 Å². The van der Waals surface area contributed by atoms with Crippen molar-refractivity contribution in [2.75, 3.05) is 26.3 Å². The lowest BCUT2D eigenvalue weighted by molar-refractivity contribution is 0.192. The smallest absolute Gasteiger partial charge is 0.216 e. The van der Waals surface area contributed by atoms with Crippen LogP contribution >= 0.6 is 0 Å². The lowest BCUT2D eigenvalue weighted by Gasteiger charge is -2.24. The topological polar surface area (TPSA) is 67.4 Å². The van der Waals surface area contributed by atoms with Crippen molar-refractivity contribution in [1.82, 2.24) is 10.0 Å². The molecule has 88 valence electrons. The molecular weight excluding hydrogens is 216 g/mol. The molecule has 0 aromatic rings. The Bertz CT molecular complexity index is 292. The Morgan fingerprint density at radius 2 is 2.20 bits per heavy atom. The van der Waals surface area contributed by atoms with Gasteiger partial charge in [-0.15, -0.1) is 0 Å². The average molecular weight is 234 g/mol. The van der Waals surface area contributed by atoms with E-state index < -0.39 is 10.0 Å². The fourth-order valence-corrected chi connectivity index (χ4v) is 3.70. The van der Waals surface area contributed by atoms with Gasteiger partial charge in [-0.05, 0) is 25.8 Å². The predicted molar refractivity (Wildman–Crippen MR) is 57.2 cm³/mol. The summed E-state index contributed by atoms with van der Waals surface area (Å²) in [5.74, 6) is 0. The predicted octanol–water partition coefficient (Wildman–Crippen LogP) is -0.553. The van der Waals surface area contributed by atoms with Gasteiger partial charge in [0.2, 0.25) is 10.0 Å². The first kappa shape index (κ1) is 11.3. The SMILES string of the molecule is O=S(=O)(NC1CCOC1)C1CCCNC1. The largest absolute Gasteiger partial charge is 0.380 e. The van der Waals surface area contributed by atoms with E-state index >= 15 is 0 Å². The number of hydrogen-bond acceptors (Lipinski definition) is 4. The molecule has 0 saturated carbocycles. The number of nitrogens with one attached hydrogen (secondary N) is 2. The molecule has 15 heavy (non-hydrogen) atoms. The van der Waals surface area contributed by atoms with Gasteiger partial charge in [0.25, 0.3) is 0 Å². The van der Waals surface area contributed by atoms with Crippen LogP contribution in [0, 0.1) is 0 Å². The van der Waals surface area contributed by atoms with E-state index in [9.17, 15) is 8.42 Å². The van der Waals surface area contributed by atoms with E-state index in [1.54, 1.807) is 0 Å². The molecule has 0 radical (unpaired) electrons. The number of hydrogen-bond donors (Lipinski definition) is 2. The molecule has 2 atom stereocenters. The van der Waals surface area contributed by atoms with Gasteiger partial charge < -0.3 is 10.1 Å². The van der Waals surface area contributed by atoms with Gasteiger partial charge in [0.15, 0.2) is 0 Å². The van der Waals surface area contributed by atoms with E-state index in [4.69, 9.17) is 4.74 Å². The first-order valence-corrected chi connectivity index (χ1v) is 7.03. The Morgan fingerprint density at radius 3 is 2.80 bits per heavy atom. The van der Waals surface area contributed by atoms with Crippen molar-refractivity contribution in [3.05, 3.63) is 0 Å². The summed E-state index contributed by atoms with van der Waals surface area (Å²) >= 11 is 0. The summed E-state index contributed by atoms with van der Waals surface area (Å²) < 4.78 is 31.7. The maximum absolute atomic E-state index is 11.9. The highest BCUT2D eigenvalue weighted by atomic mass is 32.2. The van der Waals surface area contributed by atoms with Crippen LogP contribution in [0.3, 0.4) is 0 Å². The van der Waals surface area contributed by atoms with E-state index in [1.807, 2.05) is 0 Å². The second kappa shape index (κ2) is 4.78. The van der Waals surface area contributed by atoms with Crippen LogP contribution in [0.2, 0.25) is 0 Å². The average Bonchev–Trinajstić information content (AvgIpc) is 2.71. The zero-order valence-electron chi connectivity index (χ0n) is 8.74. The van der Waals surface area contributed by atoms with Crippen molar-refractivity contribution in [3.63, 3.8) is 0 Å². The molecule has 2 saturated heterocycles. The normalized spacial score (nSPS) is 33.1. The van der Waals surface area contributed by atoms with Crippen molar-refractivity contribution in [3.8, 4) is 0 Å². The molecule has 0 aliphatic carbocycles. The van der Waals surface area contributed by atoms with Gasteiger partial charge in [0.1, 0.15) is 0 Å². The van der Waals surface area contributed by atoms with Crippen molar-refractivity contribution >= 4 is 10.0 Å². The zero-order valence-corrected chi connectivity index (χ0v) is 9.55. The second-order valence-electron chi connectivity index (χ2n) is 4.19. The Balaban J connectivity index is 1.92. The van der Waals surface area contributed by atoms with Gasteiger partial charge in [-0.25, -0.2) is 13.1 Å². The summed E-state index contributed by atoms with van der Waals surface area (Å²) in [6.07, 6.45) is 2.49. The maximum Gasteiger partial charge on any atom is 0.216 e. The number of ether oxygens (including phenoxy) is 1. The third-order valence-corrected chi connectivity index (χ3v) is 4.89. The standard InChI is InChI=1S/C9H18N2O3S/c12-15(13,9-2-1-4-10-6-9)11-8-3-5-14-7-8/h8-11H,1-7H2. The minimum absolute atomic E-state index is 0.0167. The summed E-state index contributed by atoms with van der Waals surface area (Å²) in [6, 6.07) is -0.0167. The maximum atomic E-state index is 11.9. The summed E-state index contributed by atoms with van der Waals surface area (Å²) in [5, 5.41) is 2.84. The minimum atomic E-state index is -3.16. The van der Waals surface area contributed by atoms with E-state index in [2.05, 4.69) is 10.0 Å². The van der Waals surface area contributed by atoms with Gasteiger partial charge in [-0.2, -0.15) is 0 Å². The molecule has 2 unspecified atom stereocenters. The van der Waals surface area contributed by atoms with Crippen LogP contribution in [0.1, 0.15) is 19.3 Å². The van der Waals surface area contributed by atoms with E-state index in [-0.39, 0.29) is 11.3 Å². The first-order chi connectivity index (χ1) is 7.18. The van der Waals surface area contributed by atoms with Crippen molar-refractivity contribution in [1.29, 1.82) is 0 Å². The molecule has 2 aliphatic heterocycles. The van der Waals surface area contributed by atoms with Crippen LogP contribution in [-0.2, 0) is 14.8 Å². The van der Waals surface area contributed by atoms with Crippen LogP contribution < -0.4 is 10.0 Å². The lowest BCUT2D eigenvalue weighted by atomic mass is 10.2. The highest BCUT2D eigenvalue weighted by molar-refractivity contribution is 7.90. The molecule has 2 aliphatic rings. The molecule has 2 heterocycles. The van der Waals surface area contributed by atoms with E-state index in [1.165, 1.54) is 0 Å². The first-order valence-electron chi connectivity index (χ1n) is 5.48. The summed E-state index contributed by atoms with van der Waals surface area (Å²) in [5.41, 5.74) is 0. The van der Waals surface area contributed by atoms with Crippen molar-refractivity contribution in [2.24, 2.45) is 0 Å². The molecule has 5 nitrogen and oxygen atoms in total. The molecule has 6 heteroatoms. The molecule has 2 rings (SSSR count). The lowest BCUT2D eigenvalue weighted by Crippen LogP contribution is -2.47. The fourth-order valence-electron chi connectivity index (χ4n) is 2.04. The number of rotatable bonds is 3. The minimum Gasteiger partial charge on any atom is -0.380 e. The summed E-state index contributed by atoms with van der Waals surface area (Å²) in [6.45, 7) is 2.68. The number of piperidine rings is 1. The van der Waals surface area contributed by atoms with Crippen LogP contribution in [0.15, 0.2) is 0 Å². The quantitative estimate of drug-likeness (QED) is 0.687. The molecule has 0 aromatic heterocycles. The molecule has 2 fully saturated rings. The Kier molecular flexibility index (Phi) is 3.60. The molecule has 0 bridgehead atoms. The third kappa shape index (κ3) is 2.90. The Labute approximate surface area is 90.6 Å². The van der Waals surface area contributed by atoms with E-state index in [0.717, 1.165) is 25.8 Å². The molecule has 2 N–H and O–H groups in total. The van der Waals surface area contributed by atoms with Gasteiger partial charge >= 0.3 is 0 Å². The molecule has 0 aromatic carbocycles. The molecule has 0 amide bonds. The molecule has 0 spiro atoms. The highest BCUT2D eigenvalue weighted by Gasteiger charge is 2.30. The zero-order chi connectivity index (χ0) is 10.7. The van der Waals surface area contributed by atoms with Gasteiger partial charge in [0.05, 0.1) is 11.9 Å². The Morgan fingerprint density at radius 1 is 1.33 bits per heavy atom. The van der Waals surface area contributed by atoms with Crippen molar-refractivity contribution < 1.29 is 13.2 Å². The van der Waals surface area contributed by atoms with E-state index in [0.29, 0.717) is 19.8 Å². The van der Waals surface area contributed by atoms with Crippen LogP contribution in [0.25, 0.3) is 0 Å². The number of sulfonamides is 1. The van der Waals surface area contributed by atoms with Gasteiger partial charge in [0, 0.05) is 19.2 Å². The second-order valence-corrected chi connectivity index (χ2v) is 6.18. The third-order valence-electron chi connectivity index (χ3n) is 2.95. The highest BCUT2D eigenvalue weighted by Crippen LogP contribution is 2.13. The summed E-state index contributed by atoms with van der Waals surface area (Å²) in [7, 11) is -3.16. The van der Waals surface area contributed by atoms with Gasteiger partial charge in [-0.1, -0.05) is 0 Å². The fraction of sp³-hybridized carbons (Fsp3) is 1.00. The van der Waals surface area contributed by atoms with Gasteiger partial charge in [-0.3, -0.25) is 0 Å². The van der Waals surface area contributed by atoms with Crippen molar-refractivity contribution in [2.45, 2.75) is 30.6 Å². The summed E-state index contributed by atoms with van der Waals surface area (Å²) in [4.78, 5) is 0. The van der Waals surface area contributed by atoms with Crippen LogP contribution in [0.4, 0.5) is 0 Å². The Hall–Kier alpha value is -0.170. The van der Waals surface area contributed by atoms with Crippen LogP contribution in [0.5, 0.6) is 0 Å². The molecular formula is C9H18N2O3S.